The molecule has 0 heterocycles. The minimum absolute atomic E-state index is 0.294. The van der Waals surface area contributed by atoms with Crippen molar-refractivity contribution in [3.8, 4) is 45.6 Å². The summed E-state index contributed by atoms with van der Waals surface area (Å²) >= 11 is 0. The van der Waals surface area contributed by atoms with Gasteiger partial charge in [-0.2, -0.15) is 0 Å². The molecule has 0 aromatic heterocycles. The van der Waals surface area contributed by atoms with Crippen LogP contribution in [0.15, 0.2) is 182 Å². The van der Waals surface area contributed by atoms with Crippen LogP contribution in [0.3, 0.4) is 0 Å². The zero-order chi connectivity index (χ0) is 76.1. The molecule has 0 fully saturated rings. The van der Waals surface area contributed by atoms with Crippen LogP contribution in [0.25, 0.3) is 11.1 Å². The SMILES string of the molecule is Cc1ccc(C2(c3ccc(C)c(OC(=O)Oc4ccccc4CCC[Si](C)(O[Si](C)(C)C)O[Si](C)(C)O[Si](C)(C)C)c3)c3ccccc3-c3ccccc32)cc1OC(=O)Oc1ccc(C(C)(C)c2ccc(OC(=O)Oc3ccccc3CCC[Si](C)(O[Si](C)(C)C)O[Si](C)(C)O[Si](C)(C)C)cc2)cc1. The summed E-state index contributed by atoms with van der Waals surface area (Å²) in [6, 6.07) is 59.8. The third-order valence-corrected chi connectivity index (χ3v) is 44.8. The highest BCUT2D eigenvalue weighted by atomic mass is 28.5. The van der Waals surface area contributed by atoms with Gasteiger partial charge >= 0.3 is 52.7 Å². The van der Waals surface area contributed by atoms with E-state index < -0.39 is 96.8 Å². The van der Waals surface area contributed by atoms with Gasteiger partial charge in [0.15, 0.2) is 33.3 Å². The number of benzene rings is 8. The molecule has 23 heteroatoms. The van der Waals surface area contributed by atoms with Crippen LogP contribution in [0, 0.1) is 13.8 Å². The number of ether oxygens (including phenoxy) is 6. The van der Waals surface area contributed by atoms with Crippen molar-refractivity contribution < 1.29 is 67.5 Å². The predicted octanol–water partition coefficient (Wildman–Crippen LogP) is 22.6. The average molecular weight is 1550 g/mol. The summed E-state index contributed by atoms with van der Waals surface area (Å²) in [7, 11) is -17.9. The smallest absolute Gasteiger partial charge is 0.437 e. The fourth-order valence-corrected chi connectivity index (χ4v) is 50.4. The highest BCUT2D eigenvalue weighted by molar-refractivity contribution is 6.90. The van der Waals surface area contributed by atoms with Gasteiger partial charge < -0.3 is 53.1 Å². The first-order chi connectivity index (χ1) is 48.4. The minimum atomic E-state index is -2.69. The number of hydrogen-bond donors (Lipinski definition) is 0. The molecule has 0 amide bonds. The van der Waals surface area contributed by atoms with Crippen LogP contribution in [0.1, 0.15) is 82.3 Å². The fraction of sp³-hybridized carbons (Fsp3) is 0.370. The normalized spacial score (nSPS) is 14.5. The third kappa shape index (κ3) is 21.7. The highest BCUT2D eigenvalue weighted by Gasteiger charge is 2.49. The fourth-order valence-electron chi connectivity index (χ4n) is 14.5. The summed E-state index contributed by atoms with van der Waals surface area (Å²) in [6.07, 6.45) is 0.223. The Hall–Kier alpha value is -6.93. The highest BCUT2D eigenvalue weighted by Crippen LogP contribution is 2.57. The number of para-hydroxylation sites is 2. The van der Waals surface area contributed by atoms with Gasteiger partial charge in [-0.15, -0.1) is 0 Å². The first-order valence-corrected chi connectivity index (χ1v) is 60.4. The van der Waals surface area contributed by atoms with E-state index in [2.05, 4.69) is 168 Å². The molecule has 15 nitrogen and oxygen atoms in total. The topological polar surface area (TPSA) is 162 Å². The van der Waals surface area contributed by atoms with Gasteiger partial charge in [0.05, 0.1) is 5.41 Å². The lowest BCUT2D eigenvalue weighted by Crippen LogP contribution is -2.56. The molecule has 9 rings (SSSR count). The van der Waals surface area contributed by atoms with Crippen molar-refractivity contribution >= 4 is 86.0 Å². The Balaban J connectivity index is 0.864. The molecule has 0 radical (unpaired) electrons. The molecule has 1 aliphatic rings. The zero-order valence-corrected chi connectivity index (χ0v) is 73.2. The molecule has 8 aromatic rings. The Bertz CT molecular complexity index is 4300. The van der Waals surface area contributed by atoms with E-state index in [0.29, 0.717) is 52.9 Å². The summed E-state index contributed by atoms with van der Waals surface area (Å²) < 4.78 is 76.8. The maximum Gasteiger partial charge on any atom is 0.519 e. The second kappa shape index (κ2) is 32.3. The van der Waals surface area contributed by atoms with Crippen molar-refractivity contribution in [2.45, 2.75) is 194 Å². The van der Waals surface area contributed by atoms with Crippen LogP contribution in [0.5, 0.6) is 34.5 Å². The van der Waals surface area contributed by atoms with Gasteiger partial charge in [0.25, 0.3) is 0 Å². The lowest BCUT2D eigenvalue weighted by Gasteiger charge is -2.41. The molecule has 0 saturated heterocycles. The number of aryl methyl sites for hydroxylation is 4. The van der Waals surface area contributed by atoms with Crippen molar-refractivity contribution in [2.75, 3.05) is 0 Å². The first-order valence-electron chi connectivity index (χ1n) is 36.1. The van der Waals surface area contributed by atoms with E-state index in [-0.39, 0.29) is 0 Å². The molecule has 8 aromatic carbocycles. The number of carbonyl (C=O) groups excluding carboxylic acids is 3. The van der Waals surface area contributed by atoms with Crippen molar-refractivity contribution in [2.24, 2.45) is 0 Å². The van der Waals surface area contributed by atoms with Crippen LogP contribution < -0.4 is 28.4 Å². The van der Waals surface area contributed by atoms with Gasteiger partial charge in [-0.1, -0.05) is 147 Å². The molecule has 0 spiro atoms. The number of hydrogen-bond acceptors (Lipinski definition) is 15. The molecular formula is C81H108O15Si8. The summed E-state index contributed by atoms with van der Waals surface area (Å²) in [5.41, 5.74) is 9.33. The Morgan fingerprint density at radius 1 is 0.346 bits per heavy atom. The second-order valence-corrected chi connectivity index (χ2v) is 65.8. The molecule has 2 atom stereocenters. The molecule has 0 bridgehead atoms. The lowest BCUT2D eigenvalue weighted by molar-refractivity contribution is 0.150. The maximum absolute atomic E-state index is 14.2. The monoisotopic (exact) mass is 1540 g/mol. The van der Waals surface area contributed by atoms with Crippen LogP contribution in [-0.2, 0) is 48.4 Å². The molecule has 0 aliphatic heterocycles. The van der Waals surface area contributed by atoms with Crippen LogP contribution in [-0.4, -0.2) is 86.0 Å². The van der Waals surface area contributed by atoms with E-state index in [1.54, 1.807) is 36.4 Å². The van der Waals surface area contributed by atoms with Crippen molar-refractivity contribution in [3.63, 3.8) is 0 Å². The van der Waals surface area contributed by atoms with Gasteiger partial charge in [0.2, 0.25) is 0 Å². The van der Waals surface area contributed by atoms with Crippen molar-refractivity contribution in [3.05, 3.63) is 238 Å². The quantitative estimate of drug-likeness (QED) is 0.0237. The largest absolute Gasteiger partial charge is 0.519 e. The summed E-state index contributed by atoms with van der Waals surface area (Å²) in [5.74, 6) is 2.14. The maximum atomic E-state index is 14.2. The van der Waals surface area contributed by atoms with E-state index in [1.165, 1.54) is 0 Å². The van der Waals surface area contributed by atoms with Gasteiger partial charge in [0, 0.05) is 5.41 Å². The van der Waals surface area contributed by atoms with E-state index in [1.807, 2.05) is 123 Å². The van der Waals surface area contributed by atoms with Gasteiger partial charge in [-0.05, 0) is 285 Å². The van der Waals surface area contributed by atoms with Gasteiger partial charge in [-0.25, -0.2) is 14.4 Å². The molecule has 0 saturated carbocycles. The number of fused-ring (bicyclic) bond motifs is 3. The zero-order valence-electron chi connectivity index (χ0n) is 65.2. The molecule has 0 N–H and O–H groups in total. The van der Waals surface area contributed by atoms with Crippen molar-refractivity contribution in [1.82, 2.24) is 0 Å². The van der Waals surface area contributed by atoms with Gasteiger partial charge in [-0.3, -0.25) is 0 Å². The van der Waals surface area contributed by atoms with Crippen molar-refractivity contribution in [1.29, 1.82) is 0 Å². The third-order valence-electron chi connectivity index (χ3n) is 17.7. The predicted molar refractivity (Wildman–Crippen MR) is 435 cm³/mol. The Labute approximate surface area is 626 Å². The average Bonchev–Trinajstić information content (AvgIpc) is 1.53. The Kier molecular flexibility index (Phi) is 25.2. The first kappa shape index (κ1) is 81.1. The summed E-state index contributed by atoms with van der Waals surface area (Å²) in [6.45, 7) is 47.1. The molecular weight excluding hydrogens is 1440 g/mol. The van der Waals surface area contributed by atoms with Gasteiger partial charge in [0.1, 0.15) is 34.5 Å². The van der Waals surface area contributed by atoms with E-state index in [9.17, 15) is 14.4 Å². The second-order valence-electron chi connectivity index (χ2n) is 32.9. The lowest BCUT2D eigenvalue weighted by atomic mass is 9.67. The Morgan fingerprint density at radius 2 is 0.663 bits per heavy atom. The van der Waals surface area contributed by atoms with Crippen LogP contribution >= 0.6 is 0 Å². The molecule has 104 heavy (non-hydrogen) atoms. The number of carbonyl (C=O) groups is 3. The van der Waals surface area contributed by atoms with Crippen LogP contribution in [0.2, 0.25) is 130 Å². The molecule has 554 valence electrons. The molecule has 2 unspecified atom stereocenters. The minimum Gasteiger partial charge on any atom is -0.437 e. The molecule has 1 aliphatic carbocycles. The standard InChI is InChI=1S/C81H108O15Si8/c1-59-43-45-65(57-75(59)89-78(83)86-68-53-49-64(50-54-68)80(3,4)63-47-51-67(52-48-63)85-77(82)87-73-41-29-23-33-61(73)35-31-55-103(21,93-99(11,12)13)95-101(17,18)91-97(5,6)7)81(71-39-27-25-37-69(71)70-38-26-28-40-72(70)81)66-46-44-60(2)76(58-66)90-79(84)88-74-42-30-24-34-62(74)36-32-56-104(22,94-100(14,15)16)96-102(19,20)92-98(8,9)10/h23-30,33-34,37-54,57-58H,31-32,35-36,55-56H2,1-22H3. The summed E-state index contributed by atoms with van der Waals surface area (Å²) in [4.78, 5) is 41.6. The van der Waals surface area contributed by atoms with E-state index >= 15 is 0 Å². The van der Waals surface area contributed by atoms with E-state index in [4.69, 9.17) is 53.1 Å². The Morgan fingerprint density at radius 3 is 1.02 bits per heavy atom. The van der Waals surface area contributed by atoms with Crippen LogP contribution in [0.4, 0.5) is 14.4 Å². The van der Waals surface area contributed by atoms with E-state index in [0.717, 1.165) is 86.1 Å². The summed E-state index contributed by atoms with van der Waals surface area (Å²) in [5, 5.41) is 0. The number of rotatable bonds is 30.